The second-order valence-corrected chi connectivity index (χ2v) is 8.00. The number of rotatable bonds is 7. The number of hydrogen-bond acceptors (Lipinski definition) is 8. The zero-order valence-corrected chi connectivity index (χ0v) is 17.2. The number of nitro groups is 1. The molecule has 156 valence electrons. The van der Waals surface area contributed by atoms with Crippen LogP contribution in [0.25, 0.3) is 5.70 Å². The van der Waals surface area contributed by atoms with Crippen molar-refractivity contribution in [1.29, 1.82) is 0 Å². The normalized spacial score (nSPS) is 17.6. The molecule has 1 amide bonds. The van der Waals surface area contributed by atoms with E-state index in [2.05, 4.69) is 22.3 Å². The number of hydrogen-bond donors (Lipinski definition) is 1. The molecule has 30 heavy (non-hydrogen) atoms. The van der Waals surface area contributed by atoms with E-state index in [0.29, 0.717) is 21.4 Å². The van der Waals surface area contributed by atoms with Crippen molar-refractivity contribution in [2.24, 2.45) is 10.1 Å². The molecule has 9 nitrogen and oxygen atoms in total. The molecule has 0 saturated heterocycles. The predicted octanol–water partition coefficient (Wildman–Crippen LogP) is 2.64. The number of carbonyl (C=O) groups is 1. The molecule has 0 spiro atoms. The first-order valence-corrected chi connectivity index (χ1v) is 10.8. The zero-order valence-electron chi connectivity index (χ0n) is 16.4. The Hall–Kier alpha value is -3.14. The minimum Gasteiger partial charge on any atom is -0.401 e. The van der Waals surface area contributed by atoms with Crippen molar-refractivity contribution in [3.05, 3.63) is 62.8 Å². The lowest BCUT2D eigenvalue weighted by molar-refractivity contribution is -0.402. The van der Waals surface area contributed by atoms with Crippen molar-refractivity contribution in [3.8, 4) is 0 Å². The van der Waals surface area contributed by atoms with Crippen LogP contribution in [-0.4, -0.2) is 26.8 Å². The first kappa shape index (κ1) is 20.1. The summed E-state index contributed by atoms with van der Waals surface area (Å²) < 4.78 is 5.39. The molecular formula is C20H21N5O4S. The number of para-hydroxylation sites is 1. The van der Waals surface area contributed by atoms with Gasteiger partial charge in [0.25, 0.3) is 5.91 Å². The number of furan rings is 1. The predicted molar refractivity (Wildman–Crippen MR) is 113 cm³/mol. The van der Waals surface area contributed by atoms with Crippen LogP contribution >= 0.6 is 11.8 Å². The highest BCUT2D eigenvalue weighted by Gasteiger charge is 2.36. The fraction of sp³-hybridized carbons (Fsp3) is 0.350. The average Bonchev–Trinajstić information content (AvgIpc) is 3.23. The SMILES string of the molecule is CCCCCCSC1=NN2C(=c3ccccc3=NC2c2ccc([N+](=O)[O-])o2)C(=O)N1. The van der Waals surface area contributed by atoms with E-state index in [0.717, 1.165) is 25.0 Å². The third kappa shape index (κ3) is 3.95. The van der Waals surface area contributed by atoms with Crippen LogP contribution in [0, 0.1) is 10.1 Å². The molecule has 2 aliphatic rings. The summed E-state index contributed by atoms with van der Waals surface area (Å²) in [5.74, 6) is 0.429. The van der Waals surface area contributed by atoms with Crippen molar-refractivity contribution in [2.45, 2.75) is 38.8 Å². The van der Waals surface area contributed by atoms with Crippen molar-refractivity contribution >= 4 is 34.4 Å². The molecule has 0 fully saturated rings. The van der Waals surface area contributed by atoms with Gasteiger partial charge in [0.2, 0.25) is 6.17 Å². The molecule has 10 heteroatoms. The maximum atomic E-state index is 13.0. The van der Waals surface area contributed by atoms with Crippen molar-refractivity contribution in [3.63, 3.8) is 0 Å². The summed E-state index contributed by atoms with van der Waals surface area (Å²) >= 11 is 1.48. The van der Waals surface area contributed by atoms with Gasteiger partial charge >= 0.3 is 5.88 Å². The quantitative estimate of drug-likeness (QED) is 0.413. The fourth-order valence-electron chi connectivity index (χ4n) is 3.35. The lowest BCUT2D eigenvalue weighted by Crippen LogP contribution is -2.50. The van der Waals surface area contributed by atoms with Crippen LogP contribution in [0.15, 0.2) is 50.9 Å². The topological polar surface area (TPSA) is 113 Å². The molecule has 1 unspecified atom stereocenters. The summed E-state index contributed by atoms with van der Waals surface area (Å²) in [7, 11) is 0. The summed E-state index contributed by atoms with van der Waals surface area (Å²) in [6, 6.07) is 10.0. The van der Waals surface area contributed by atoms with Gasteiger partial charge in [-0.05, 0) is 18.6 Å². The molecular weight excluding hydrogens is 406 g/mol. The molecule has 2 aromatic rings. The van der Waals surface area contributed by atoms with E-state index in [1.807, 2.05) is 12.1 Å². The highest BCUT2D eigenvalue weighted by Crippen LogP contribution is 2.33. The summed E-state index contributed by atoms with van der Waals surface area (Å²) in [5.41, 5.74) is 0.347. The second-order valence-electron chi connectivity index (χ2n) is 6.91. The van der Waals surface area contributed by atoms with Gasteiger partial charge in [-0.25, -0.2) is 10.0 Å². The van der Waals surface area contributed by atoms with Gasteiger partial charge in [-0.1, -0.05) is 56.1 Å². The number of hydrazone groups is 1. The number of fused-ring (bicyclic) bond motifs is 2. The molecule has 0 radical (unpaired) electrons. The van der Waals surface area contributed by atoms with E-state index in [9.17, 15) is 14.9 Å². The van der Waals surface area contributed by atoms with Gasteiger partial charge in [0.1, 0.15) is 10.6 Å². The van der Waals surface area contributed by atoms with Crippen LogP contribution < -0.4 is 15.9 Å². The second kappa shape index (κ2) is 8.70. The maximum absolute atomic E-state index is 13.0. The van der Waals surface area contributed by atoms with E-state index in [1.165, 1.54) is 35.3 Å². The highest BCUT2D eigenvalue weighted by molar-refractivity contribution is 8.13. The Morgan fingerprint density at radius 2 is 2.07 bits per heavy atom. The van der Waals surface area contributed by atoms with Crippen LogP contribution in [0.2, 0.25) is 0 Å². The van der Waals surface area contributed by atoms with Crippen LogP contribution in [0.3, 0.4) is 0 Å². The van der Waals surface area contributed by atoms with Crippen LogP contribution in [0.5, 0.6) is 0 Å². The maximum Gasteiger partial charge on any atom is 0.433 e. The number of carbonyl (C=O) groups excluding carboxylic acids is 1. The van der Waals surface area contributed by atoms with Gasteiger partial charge in [-0.2, -0.15) is 0 Å². The number of amides is 1. The molecule has 2 aliphatic heterocycles. The Morgan fingerprint density at radius 1 is 1.23 bits per heavy atom. The highest BCUT2D eigenvalue weighted by atomic mass is 32.2. The molecule has 1 N–H and O–H groups in total. The number of amidine groups is 1. The third-order valence-electron chi connectivity index (χ3n) is 4.80. The van der Waals surface area contributed by atoms with Gasteiger partial charge in [-0.15, -0.1) is 5.10 Å². The number of thioether (sulfide) groups is 1. The summed E-state index contributed by atoms with van der Waals surface area (Å²) in [5, 5.41) is 21.7. The number of unbranched alkanes of at least 4 members (excludes halogenated alkanes) is 3. The molecule has 0 saturated carbocycles. The standard InChI is InChI=1S/C20H21N5O4S/c1-2-3-4-7-12-30-20-22-19(26)17-13-8-5-6-9-14(13)21-18(24(17)23-20)15-10-11-16(29-15)25(27)28/h5-6,8-11,18H,2-4,7,12H2,1H3,(H,22,23,26). The average molecular weight is 427 g/mol. The first-order valence-electron chi connectivity index (χ1n) is 9.81. The fourth-order valence-corrected chi connectivity index (χ4v) is 4.21. The van der Waals surface area contributed by atoms with Gasteiger partial charge in [0.05, 0.1) is 11.4 Å². The Labute approximate surface area is 176 Å². The molecule has 3 heterocycles. The molecule has 1 aromatic carbocycles. The van der Waals surface area contributed by atoms with Gasteiger partial charge in [-0.3, -0.25) is 20.2 Å². The Morgan fingerprint density at radius 3 is 2.83 bits per heavy atom. The minimum atomic E-state index is -0.801. The summed E-state index contributed by atoms with van der Waals surface area (Å²) in [4.78, 5) is 28.1. The minimum absolute atomic E-state index is 0.249. The van der Waals surface area contributed by atoms with Crippen molar-refractivity contribution in [2.75, 3.05) is 5.75 Å². The molecule has 0 bridgehead atoms. The molecule has 0 aliphatic carbocycles. The lowest BCUT2D eigenvalue weighted by Gasteiger charge is -2.32. The Bertz CT molecular complexity index is 1130. The van der Waals surface area contributed by atoms with Crippen LogP contribution in [0.4, 0.5) is 5.88 Å². The lowest BCUT2D eigenvalue weighted by atomic mass is 10.1. The Kier molecular flexibility index (Phi) is 5.84. The smallest absolute Gasteiger partial charge is 0.401 e. The van der Waals surface area contributed by atoms with E-state index in [-0.39, 0.29) is 17.6 Å². The summed E-state index contributed by atoms with van der Waals surface area (Å²) in [6.07, 6.45) is 3.70. The first-order chi connectivity index (χ1) is 14.6. The van der Waals surface area contributed by atoms with E-state index < -0.39 is 11.1 Å². The molecule has 4 rings (SSSR count). The van der Waals surface area contributed by atoms with Gasteiger partial charge in [0, 0.05) is 11.0 Å². The monoisotopic (exact) mass is 427 g/mol. The van der Waals surface area contributed by atoms with E-state index >= 15 is 0 Å². The largest absolute Gasteiger partial charge is 0.433 e. The van der Waals surface area contributed by atoms with Crippen LogP contribution in [-0.2, 0) is 4.79 Å². The van der Waals surface area contributed by atoms with Crippen LogP contribution in [0.1, 0.15) is 44.5 Å². The number of nitrogens with zero attached hydrogens (tertiary/aromatic N) is 4. The Balaban J connectivity index is 1.70. The van der Waals surface area contributed by atoms with E-state index in [4.69, 9.17) is 4.42 Å². The third-order valence-corrected chi connectivity index (χ3v) is 5.75. The zero-order chi connectivity index (χ0) is 21.1. The van der Waals surface area contributed by atoms with Crippen molar-refractivity contribution < 1.29 is 14.1 Å². The number of benzene rings is 1. The molecule has 1 aromatic heterocycles. The van der Waals surface area contributed by atoms with E-state index in [1.54, 1.807) is 12.1 Å². The molecule has 1 atom stereocenters. The van der Waals surface area contributed by atoms with Gasteiger partial charge < -0.3 is 4.42 Å². The van der Waals surface area contributed by atoms with Gasteiger partial charge in [0.15, 0.2) is 10.9 Å². The number of nitrogens with one attached hydrogen (secondary N) is 1. The van der Waals surface area contributed by atoms with Crippen molar-refractivity contribution in [1.82, 2.24) is 10.3 Å². The summed E-state index contributed by atoms with van der Waals surface area (Å²) in [6.45, 7) is 2.16.